The van der Waals surface area contributed by atoms with E-state index in [-0.39, 0.29) is 12.4 Å². The lowest BCUT2D eigenvalue weighted by Gasteiger charge is -2.11. The Balaban J connectivity index is 1.55. The van der Waals surface area contributed by atoms with Gasteiger partial charge in [-0.1, -0.05) is 0 Å². The van der Waals surface area contributed by atoms with Crippen LogP contribution in [0.4, 0.5) is 4.39 Å². The second-order valence-corrected chi connectivity index (χ2v) is 6.65. The minimum absolute atomic E-state index is 0.136. The van der Waals surface area contributed by atoms with Gasteiger partial charge in [0.2, 0.25) is 12.5 Å². The maximum absolute atomic E-state index is 13.4. The molecule has 2 aromatic carbocycles. The van der Waals surface area contributed by atoms with Crippen LogP contribution in [0.15, 0.2) is 53.6 Å². The summed E-state index contributed by atoms with van der Waals surface area (Å²) < 4.78 is 31.6. The van der Waals surface area contributed by atoms with Crippen molar-refractivity contribution in [2.75, 3.05) is 13.9 Å². The standard InChI is InChI=1S/C21H16FN3O4/c1-27-17-7-13(8-18-19(17)29-11-28-18)20-23-4-5-25(20)10-14-6-12-2-3-15(22)9-16(12)24-21(14)26/h2-9H,10-11H2,1H3,(H,24,26). The van der Waals surface area contributed by atoms with Gasteiger partial charge in [0.1, 0.15) is 11.6 Å². The third-order valence-corrected chi connectivity index (χ3v) is 4.86. The van der Waals surface area contributed by atoms with Crippen LogP contribution in [0, 0.1) is 5.82 Å². The van der Waals surface area contributed by atoms with E-state index in [0.717, 1.165) is 10.9 Å². The molecule has 0 atom stereocenters. The number of nitrogens with zero attached hydrogens (tertiary/aromatic N) is 2. The molecule has 0 unspecified atom stereocenters. The van der Waals surface area contributed by atoms with Crippen LogP contribution in [0.25, 0.3) is 22.3 Å². The first-order valence-corrected chi connectivity index (χ1v) is 8.93. The van der Waals surface area contributed by atoms with Crippen molar-refractivity contribution in [2.24, 2.45) is 0 Å². The number of nitrogens with one attached hydrogen (secondary N) is 1. The van der Waals surface area contributed by atoms with Crippen LogP contribution >= 0.6 is 0 Å². The fourth-order valence-corrected chi connectivity index (χ4v) is 3.48. The summed E-state index contributed by atoms with van der Waals surface area (Å²) in [7, 11) is 1.56. The van der Waals surface area contributed by atoms with Gasteiger partial charge in [0.25, 0.3) is 5.56 Å². The van der Waals surface area contributed by atoms with E-state index >= 15 is 0 Å². The Morgan fingerprint density at radius 1 is 1.24 bits per heavy atom. The molecule has 0 amide bonds. The van der Waals surface area contributed by atoms with Crippen LogP contribution in [-0.2, 0) is 6.54 Å². The number of fused-ring (bicyclic) bond motifs is 2. The average molecular weight is 393 g/mol. The predicted molar refractivity (Wildman–Crippen MR) is 104 cm³/mol. The SMILES string of the molecule is COc1cc(-c2nccn2Cc2cc3ccc(F)cc3[nH]c2=O)cc2c1OCO2. The number of aromatic nitrogens is 3. The molecule has 2 aromatic heterocycles. The van der Waals surface area contributed by atoms with Crippen molar-refractivity contribution in [3.05, 3.63) is 70.5 Å². The number of methoxy groups -OCH3 is 1. The molecule has 7 nitrogen and oxygen atoms in total. The van der Waals surface area contributed by atoms with Crippen LogP contribution in [-0.4, -0.2) is 28.4 Å². The Morgan fingerprint density at radius 3 is 3.00 bits per heavy atom. The van der Waals surface area contributed by atoms with Gasteiger partial charge in [-0.2, -0.15) is 0 Å². The number of benzene rings is 2. The zero-order chi connectivity index (χ0) is 20.0. The maximum atomic E-state index is 13.4. The van der Waals surface area contributed by atoms with E-state index in [1.165, 1.54) is 12.1 Å². The first-order chi connectivity index (χ1) is 14.1. The van der Waals surface area contributed by atoms with Crippen LogP contribution in [0.5, 0.6) is 17.2 Å². The highest BCUT2D eigenvalue weighted by atomic mass is 19.1. The average Bonchev–Trinajstić information content (AvgIpc) is 3.37. The van der Waals surface area contributed by atoms with Gasteiger partial charge in [-0.05, 0) is 41.8 Å². The Hall–Kier alpha value is -3.81. The van der Waals surface area contributed by atoms with Crippen molar-refractivity contribution in [1.29, 1.82) is 0 Å². The highest BCUT2D eigenvalue weighted by Crippen LogP contribution is 2.43. The second-order valence-electron chi connectivity index (χ2n) is 6.65. The van der Waals surface area contributed by atoms with Crippen molar-refractivity contribution in [2.45, 2.75) is 6.54 Å². The van der Waals surface area contributed by atoms with E-state index < -0.39 is 5.82 Å². The first-order valence-electron chi connectivity index (χ1n) is 8.93. The number of ether oxygens (including phenoxy) is 3. The molecule has 1 N–H and O–H groups in total. The van der Waals surface area contributed by atoms with Crippen molar-refractivity contribution in [3.63, 3.8) is 0 Å². The van der Waals surface area contributed by atoms with E-state index in [9.17, 15) is 9.18 Å². The van der Waals surface area contributed by atoms with Crippen molar-refractivity contribution >= 4 is 10.9 Å². The Kier molecular flexibility index (Phi) is 3.97. The molecular weight excluding hydrogens is 377 g/mol. The highest BCUT2D eigenvalue weighted by Gasteiger charge is 2.22. The van der Waals surface area contributed by atoms with Gasteiger partial charge in [-0.3, -0.25) is 4.79 Å². The molecule has 0 fully saturated rings. The van der Waals surface area contributed by atoms with E-state index in [4.69, 9.17) is 14.2 Å². The first kappa shape index (κ1) is 17.3. The molecule has 0 saturated carbocycles. The van der Waals surface area contributed by atoms with Gasteiger partial charge in [0, 0.05) is 23.5 Å². The molecule has 3 heterocycles. The second kappa shape index (κ2) is 6.66. The van der Waals surface area contributed by atoms with Gasteiger partial charge in [-0.25, -0.2) is 9.37 Å². The van der Waals surface area contributed by atoms with Gasteiger partial charge >= 0.3 is 0 Å². The monoisotopic (exact) mass is 393 g/mol. The minimum atomic E-state index is -0.394. The van der Waals surface area contributed by atoms with Gasteiger partial charge < -0.3 is 23.8 Å². The molecule has 0 saturated heterocycles. The summed E-state index contributed by atoms with van der Waals surface area (Å²) in [5, 5.41) is 0.757. The molecule has 0 bridgehead atoms. The number of hydrogen-bond acceptors (Lipinski definition) is 5. The Morgan fingerprint density at radius 2 is 2.14 bits per heavy atom. The highest BCUT2D eigenvalue weighted by molar-refractivity contribution is 5.79. The van der Waals surface area contributed by atoms with Crippen LogP contribution in [0.3, 0.4) is 0 Å². The molecule has 0 radical (unpaired) electrons. The Labute approximate surface area is 164 Å². The fourth-order valence-electron chi connectivity index (χ4n) is 3.48. The number of pyridine rings is 1. The summed E-state index contributed by atoms with van der Waals surface area (Å²) in [6.07, 6.45) is 3.46. The quantitative estimate of drug-likeness (QED) is 0.576. The van der Waals surface area contributed by atoms with Crippen molar-refractivity contribution in [1.82, 2.24) is 14.5 Å². The lowest BCUT2D eigenvalue weighted by Crippen LogP contribution is -2.15. The Bertz CT molecular complexity index is 1300. The van der Waals surface area contributed by atoms with E-state index in [1.54, 1.807) is 31.6 Å². The van der Waals surface area contributed by atoms with E-state index in [2.05, 4.69) is 9.97 Å². The van der Waals surface area contributed by atoms with Crippen LogP contribution < -0.4 is 19.8 Å². The topological polar surface area (TPSA) is 78.4 Å². The molecule has 5 rings (SSSR count). The smallest absolute Gasteiger partial charge is 0.253 e. The largest absolute Gasteiger partial charge is 0.493 e. The third-order valence-electron chi connectivity index (χ3n) is 4.86. The predicted octanol–water partition coefficient (Wildman–Crippen LogP) is 3.32. The number of hydrogen-bond donors (Lipinski definition) is 1. The van der Waals surface area contributed by atoms with E-state index in [1.807, 2.05) is 16.7 Å². The fraction of sp³-hybridized carbons (Fsp3) is 0.143. The summed E-state index contributed by atoms with van der Waals surface area (Å²) in [6, 6.07) is 9.73. The molecule has 146 valence electrons. The summed E-state index contributed by atoms with van der Waals surface area (Å²) in [5.74, 6) is 1.96. The summed E-state index contributed by atoms with van der Waals surface area (Å²) >= 11 is 0. The molecular formula is C21H16FN3O4. The van der Waals surface area contributed by atoms with Gasteiger partial charge in [-0.15, -0.1) is 0 Å². The van der Waals surface area contributed by atoms with Gasteiger partial charge in [0.05, 0.1) is 19.2 Å². The number of H-pyrrole nitrogens is 1. The normalized spacial score (nSPS) is 12.5. The number of rotatable bonds is 4. The molecule has 29 heavy (non-hydrogen) atoms. The van der Waals surface area contributed by atoms with Crippen molar-refractivity contribution < 1.29 is 18.6 Å². The molecule has 8 heteroatoms. The molecule has 0 aliphatic carbocycles. The number of aromatic amines is 1. The molecule has 0 spiro atoms. The lowest BCUT2D eigenvalue weighted by molar-refractivity contribution is 0.171. The lowest BCUT2D eigenvalue weighted by atomic mass is 10.1. The summed E-state index contributed by atoms with van der Waals surface area (Å²) in [6.45, 7) is 0.436. The maximum Gasteiger partial charge on any atom is 0.253 e. The third kappa shape index (κ3) is 2.98. The number of halogens is 1. The molecule has 1 aliphatic rings. The van der Waals surface area contributed by atoms with Gasteiger partial charge in [0.15, 0.2) is 11.5 Å². The molecule has 4 aromatic rings. The van der Waals surface area contributed by atoms with Crippen molar-refractivity contribution in [3.8, 4) is 28.6 Å². The zero-order valence-electron chi connectivity index (χ0n) is 15.4. The zero-order valence-corrected chi connectivity index (χ0v) is 15.4. The number of imidazole rings is 1. The minimum Gasteiger partial charge on any atom is -0.493 e. The van der Waals surface area contributed by atoms with Crippen LogP contribution in [0.2, 0.25) is 0 Å². The summed E-state index contributed by atoms with van der Waals surface area (Å²) in [4.78, 5) is 19.7. The summed E-state index contributed by atoms with van der Waals surface area (Å²) in [5.41, 5.74) is 1.50. The van der Waals surface area contributed by atoms with Crippen LogP contribution in [0.1, 0.15) is 5.56 Å². The molecule has 1 aliphatic heterocycles. The van der Waals surface area contributed by atoms with E-state index in [0.29, 0.717) is 40.7 Å².